The molecule has 1 aromatic rings. The van der Waals surface area contributed by atoms with Gasteiger partial charge in [-0.1, -0.05) is 13.8 Å². The van der Waals surface area contributed by atoms with Crippen molar-refractivity contribution in [2.45, 2.75) is 45.6 Å². The molecule has 0 spiro atoms. The Morgan fingerprint density at radius 3 is 2.32 bits per heavy atom. The third-order valence-electron chi connectivity index (χ3n) is 3.08. The lowest BCUT2D eigenvalue weighted by molar-refractivity contribution is 0.0950. The first-order valence-corrected chi connectivity index (χ1v) is 7.12. The molecular weight excluding hydrogens is 240 g/mol. The zero-order valence-electron chi connectivity index (χ0n) is 11.7. The van der Waals surface area contributed by atoms with Gasteiger partial charge in [-0.2, -0.15) is 0 Å². The summed E-state index contributed by atoms with van der Waals surface area (Å²) in [4.78, 5) is 22.6. The fourth-order valence-electron chi connectivity index (χ4n) is 1.95. The van der Waals surface area contributed by atoms with E-state index in [0.717, 1.165) is 38.8 Å². The van der Waals surface area contributed by atoms with Crippen molar-refractivity contribution in [3.05, 3.63) is 18.0 Å². The first-order valence-electron chi connectivity index (χ1n) is 7.12. The number of hydrogen-bond acceptors (Lipinski definition) is 4. The number of aromatic nitrogens is 2. The van der Waals surface area contributed by atoms with Crippen LogP contribution in [0.4, 0.5) is 5.95 Å². The minimum absolute atomic E-state index is 0.0633. The number of nitrogens with zero attached hydrogens (tertiary/aromatic N) is 3. The molecular formula is C14H22N4O. The monoisotopic (exact) mass is 262 g/mol. The molecule has 1 fully saturated rings. The Morgan fingerprint density at radius 1 is 1.26 bits per heavy atom. The molecule has 1 aliphatic rings. The van der Waals surface area contributed by atoms with E-state index in [1.54, 1.807) is 12.4 Å². The number of rotatable bonds is 7. The lowest BCUT2D eigenvalue weighted by Crippen LogP contribution is -2.28. The van der Waals surface area contributed by atoms with E-state index in [2.05, 4.69) is 34.0 Å². The molecule has 0 aliphatic heterocycles. The van der Waals surface area contributed by atoms with Crippen LogP contribution >= 0.6 is 0 Å². The molecule has 1 aromatic heterocycles. The summed E-state index contributed by atoms with van der Waals surface area (Å²) in [6.07, 6.45) is 7.55. The van der Waals surface area contributed by atoms with Gasteiger partial charge in [0.1, 0.15) is 0 Å². The van der Waals surface area contributed by atoms with Crippen molar-refractivity contribution >= 4 is 11.9 Å². The second-order valence-corrected chi connectivity index (χ2v) is 5.01. The zero-order valence-corrected chi connectivity index (χ0v) is 11.7. The second-order valence-electron chi connectivity index (χ2n) is 5.01. The Balaban J connectivity index is 2.00. The maximum Gasteiger partial charge on any atom is 0.254 e. The van der Waals surface area contributed by atoms with Crippen LogP contribution in [0.1, 0.15) is 49.9 Å². The molecule has 104 valence electrons. The normalized spacial score (nSPS) is 14.2. The van der Waals surface area contributed by atoms with Crippen LogP contribution in [-0.4, -0.2) is 35.0 Å². The van der Waals surface area contributed by atoms with Crippen LogP contribution in [0.5, 0.6) is 0 Å². The number of carbonyl (C=O) groups is 1. The summed E-state index contributed by atoms with van der Waals surface area (Å²) >= 11 is 0. The molecule has 0 aromatic carbocycles. The Bertz CT molecular complexity index is 408. The fourth-order valence-corrected chi connectivity index (χ4v) is 1.95. The highest BCUT2D eigenvalue weighted by Gasteiger charge is 2.24. The van der Waals surface area contributed by atoms with Crippen molar-refractivity contribution in [3.63, 3.8) is 0 Å². The fraction of sp³-hybridized carbons (Fsp3) is 0.643. The Labute approximate surface area is 114 Å². The highest BCUT2D eigenvalue weighted by molar-refractivity contribution is 5.94. The van der Waals surface area contributed by atoms with E-state index in [4.69, 9.17) is 0 Å². The van der Waals surface area contributed by atoms with Gasteiger partial charge in [-0.3, -0.25) is 4.79 Å². The van der Waals surface area contributed by atoms with Crippen molar-refractivity contribution in [1.29, 1.82) is 0 Å². The number of anilines is 1. The van der Waals surface area contributed by atoms with Crippen molar-refractivity contribution in [3.8, 4) is 0 Å². The molecule has 1 saturated carbocycles. The molecule has 1 aliphatic carbocycles. The first-order chi connectivity index (χ1) is 9.24. The summed E-state index contributed by atoms with van der Waals surface area (Å²) in [5.74, 6) is 0.651. The van der Waals surface area contributed by atoms with Crippen LogP contribution in [0.25, 0.3) is 0 Å². The van der Waals surface area contributed by atoms with E-state index < -0.39 is 0 Å². The highest BCUT2D eigenvalue weighted by Crippen LogP contribution is 2.19. The van der Waals surface area contributed by atoms with E-state index in [1.165, 1.54) is 0 Å². The third-order valence-corrected chi connectivity index (χ3v) is 3.08. The van der Waals surface area contributed by atoms with Crippen LogP contribution in [0.2, 0.25) is 0 Å². The molecule has 19 heavy (non-hydrogen) atoms. The molecule has 5 nitrogen and oxygen atoms in total. The van der Waals surface area contributed by atoms with Gasteiger partial charge in [0.25, 0.3) is 5.91 Å². The van der Waals surface area contributed by atoms with Crippen LogP contribution in [0.15, 0.2) is 12.4 Å². The largest absolute Gasteiger partial charge is 0.349 e. The average molecular weight is 262 g/mol. The molecule has 2 rings (SSSR count). The summed E-state index contributed by atoms with van der Waals surface area (Å²) in [6.45, 7) is 6.17. The predicted octanol–water partition coefficient (Wildman–Crippen LogP) is 2.00. The van der Waals surface area contributed by atoms with Crippen LogP contribution in [-0.2, 0) is 0 Å². The SMILES string of the molecule is CCCN(CCC)c1ncc(C(=O)NC2CC2)cn1. The van der Waals surface area contributed by atoms with E-state index >= 15 is 0 Å². The summed E-state index contributed by atoms with van der Waals surface area (Å²) in [5, 5.41) is 2.94. The Hall–Kier alpha value is -1.65. The van der Waals surface area contributed by atoms with Gasteiger partial charge in [0, 0.05) is 31.5 Å². The van der Waals surface area contributed by atoms with Gasteiger partial charge in [0.15, 0.2) is 0 Å². The number of amides is 1. The van der Waals surface area contributed by atoms with Crippen LogP contribution < -0.4 is 10.2 Å². The van der Waals surface area contributed by atoms with E-state index in [0.29, 0.717) is 17.6 Å². The molecule has 0 unspecified atom stereocenters. The molecule has 5 heteroatoms. The number of nitrogens with one attached hydrogen (secondary N) is 1. The lowest BCUT2D eigenvalue weighted by atomic mass is 10.3. The summed E-state index contributed by atoms with van der Waals surface area (Å²) < 4.78 is 0. The van der Waals surface area contributed by atoms with Crippen LogP contribution in [0.3, 0.4) is 0 Å². The van der Waals surface area contributed by atoms with E-state index in [9.17, 15) is 4.79 Å². The zero-order chi connectivity index (χ0) is 13.7. The molecule has 1 amide bonds. The van der Waals surface area contributed by atoms with Gasteiger partial charge in [-0.15, -0.1) is 0 Å². The third kappa shape index (κ3) is 3.91. The molecule has 0 radical (unpaired) electrons. The van der Waals surface area contributed by atoms with Gasteiger partial charge >= 0.3 is 0 Å². The van der Waals surface area contributed by atoms with Crippen molar-refractivity contribution in [2.75, 3.05) is 18.0 Å². The molecule has 1 N–H and O–H groups in total. The number of hydrogen-bond donors (Lipinski definition) is 1. The minimum atomic E-state index is -0.0633. The van der Waals surface area contributed by atoms with Gasteiger partial charge in [-0.25, -0.2) is 9.97 Å². The maximum atomic E-state index is 11.8. The van der Waals surface area contributed by atoms with Gasteiger partial charge in [0.2, 0.25) is 5.95 Å². The van der Waals surface area contributed by atoms with Crippen LogP contribution in [0, 0.1) is 0 Å². The smallest absolute Gasteiger partial charge is 0.254 e. The number of carbonyl (C=O) groups excluding carboxylic acids is 1. The summed E-state index contributed by atoms with van der Waals surface area (Å²) in [7, 11) is 0. The highest BCUT2D eigenvalue weighted by atomic mass is 16.1. The summed E-state index contributed by atoms with van der Waals surface area (Å²) in [5.41, 5.74) is 0.545. The molecule has 0 atom stereocenters. The Morgan fingerprint density at radius 2 is 1.84 bits per heavy atom. The van der Waals surface area contributed by atoms with Crippen molar-refractivity contribution in [2.24, 2.45) is 0 Å². The van der Waals surface area contributed by atoms with Gasteiger partial charge < -0.3 is 10.2 Å². The molecule has 0 bridgehead atoms. The van der Waals surface area contributed by atoms with E-state index in [-0.39, 0.29) is 5.91 Å². The second kappa shape index (κ2) is 6.50. The maximum absolute atomic E-state index is 11.8. The van der Waals surface area contributed by atoms with Gasteiger partial charge in [-0.05, 0) is 25.7 Å². The minimum Gasteiger partial charge on any atom is -0.349 e. The first kappa shape index (κ1) is 13.8. The lowest BCUT2D eigenvalue weighted by Gasteiger charge is -2.21. The van der Waals surface area contributed by atoms with Crippen molar-refractivity contribution in [1.82, 2.24) is 15.3 Å². The summed E-state index contributed by atoms with van der Waals surface area (Å²) in [6, 6.07) is 0.365. The topological polar surface area (TPSA) is 58.1 Å². The molecule has 0 saturated heterocycles. The van der Waals surface area contributed by atoms with Gasteiger partial charge in [0.05, 0.1) is 5.56 Å². The average Bonchev–Trinajstić information content (AvgIpc) is 3.23. The molecule has 1 heterocycles. The predicted molar refractivity (Wildman–Crippen MR) is 75.3 cm³/mol. The Kier molecular flexibility index (Phi) is 4.71. The van der Waals surface area contributed by atoms with Crippen molar-refractivity contribution < 1.29 is 4.79 Å². The van der Waals surface area contributed by atoms with E-state index in [1.807, 2.05) is 0 Å². The quantitative estimate of drug-likeness (QED) is 0.816. The standard InChI is InChI=1S/C14H22N4O/c1-3-7-18(8-4-2)14-15-9-11(10-16-14)13(19)17-12-5-6-12/h9-10,12H,3-8H2,1-2H3,(H,17,19).